The molecule has 2 atom stereocenters. The highest BCUT2D eigenvalue weighted by Crippen LogP contribution is 2.34. The summed E-state index contributed by atoms with van der Waals surface area (Å²) in [7, 11) is 4.37. The first-order chi connectivity index (χ1) is 20.3. The summed E-state index contributed by atoms with van der Waals surface area (Å²) in [6.07, 6.45) is 0.296. The van der Waals surface area contributed by atoms with E-state index < -0.39 is 35.7 Å². The number of hydrogen-bond acceptors (Lipinski definition) is 7. The Hall–Kier alpha value is -4.60. The van der Waals surface area contributed by atoms with Crippen molar-refractivity contribution in [2.75, 3.05) is 26.2 Å². The van der Waals surface area contributed by atoms with E-state index in [4.69, 9.17) is 14.2 Å². The number of nitrogens with one attached hydrogen (secondary N) is 1. The molecule has 10 nitrogen and oxygen atoms in total. The lowest BCUT2D eigenvalue weighted by atomic mass is 9.99. The highest BCUT2D eigenvalue weighted by Gasteiger charge is 2.35. The standard InChI is InChI=1S/C33H39N3O7/c1-20(35(5)32(40)43-33(2,3)4)29(37)34-26-16-14-22-10-8-9-11-27(22)36(30(26)38)19-25-24-18-23(31(39)42-7)13-12-21(24)15-17-28(25)41-6/h8-13,15,17-18,20,26H,14,16,19H2,1-7H3,(H,34,37). The van der Waals surface area contributed by atoms with Crippen molar-refractivity contribution in [1.82, 2.24) is 10.2 Å². The summed E-state index contributed by atoms with van der Waals surface area (Å²) in [5.74, 6) is -0.686. The van der Waals surface area contributed by atoms with E-state index in [9.17, 15) is 19.2 Å². The largest absolute Gasteiger partial charge is 0.496 e. The van der Waals surface area contributed by atoms with Crippen molar-refractivity contribution >= 4 is 40.3 Å². The van der Waals surface area contributed by atoms with Gasteiger partial charge < -0.3 is 24.4 Å². The number of esters is 1. The van der Waals surface area contributed by atoms with Gasteiger partial charge in [0.25, 0.3) is 0 Å². The van der Waals surface area contributed by atoms with Crippen molar-refractivity contribution in [2.45, 2.75) is 64.8 Å². The molecule has 0 saturated heterocycles. The van der Waals surface area contributed by atoms with E-state index in [-0.39, 0.29) is 12.5 Å². The molecule has 4 rings (SSSR count). The second-order valence-corrected chi connectivity index (χ2v) is 11.6. The normalized spacial score (nSPS) is 15.7. The van der Waals surface area contributed by atoms with Crippen molar-refractivity contribution in [3.8, 4) is 5.75 Å². The monoisotopic (exact) mass is 589 g/mol. The quantitative estimate of drug-likeness (QED) is 0.392. The molecular weight excluding hydrogens is 550 g/mol. The second kappa shape index (κ2) is 12.7. The van der Waals surface area contributed by atoms with Crippen molar-refractivity contribution in [2.24, 2.45) is 0 Å². The van der Waals surface area contributed by atoms with E-state index in [0.717, 1.165) is 22.0 Å². The number of fused-ring (bicyclic) bond motifs is 2. The Labute approximate surface area is 251 Å². The average molecular weight is 590 g/mol. The number of carbonyl (C=O) groups excluding carboxylic acids is 4. The number of benzene rings is 3. The van der Waals surface area contributed by atoms with Gasteiger partial charge in [-0.3, -0.25) is 14.5 Å². The fraction of sp³-hybridized carbons (Fsp3) is 0.394. The summed E-state index contributed by atoms with van der Waals surface area (Å²) < 4.78 is 16.0. The molecule has 1 heterocycles. The molecule has 0 aromatic heterocycles. The third-order valence-corrected chi connectivity index (χ3v) is 7.55. The van der Waals surface area contributed by atoms with Gasteiger partial charge in [0.15, 0.2) is 0 Å². The van der Waals surface area contributed by atoms with Gasteiger partial charge in [-0.1, -0.05) is 30.3 Å². The van der Waals surface area contributed by atoms with Crippen LogP contribution >= 0.6 is 0 Å². The summed E-state index contributed by atoms with van der Waals surface area (Å²) in [5.41, 5.74) is 2.05. The molecule has 1 aliphatic rings. The van der Waals surface area contributed by atoms with Crippen LogP contribution in [0.5, 0.6) is 5.75 Å². The van der Waals surface area contributed by atoms with Gasteiger partial charge in [-0.2, -0.15) is 0 Å². The molecule has 1 N–H and O–H groups in total. The van der Waals surface area contributed by atoms with Gasteiger partial charge in [-0.15, -0.1) is 0 Å². The van der Waals surface area contributed by atoms with Gasteiger partial charge >= 0.3 is 12.1 Å². The molecule has 0 radical (unpaired) electrons. The number of likely N-dealkylation sites (N-methyl/N-ethyl adjacent to an activating group) is 1. The summed E-state index contributed by atoms with van der Waals surface area (Å²) in [6, 6.07) is 14.9. The molecule has 0 fully saturated rings. The summed E-state index contributed by atoms with van der Waals surface area (Å²) in [5, 5.41) is 4.49. The van der Waals surface area contributed by atoms with Gasteiger partial charge in [0.2, 0.25) is 11.8 Å². The van der Waals surface area contributed by atoms with Gasteiger partial charge in [0.05, 0.1) is 26.3 Å². The van der Waals surface area contributed by atoms with Crippen LogP contribution in [0.1, 0.15) is 55.6 Å². The van der Waals surface area contributed by atoms with Crippen molar-refractivity contribution in [3.05, 3.63) is 71.3 Å². The number of rotatable bonds is 7. The number of amides is 3. The number of anilines is 1. The van der Waals surface area contributed by atoms with Crippen LogP contribution in [-0.4, -0.2) is 67.7 Å². The number of para-hydroxylation sites is 1. The average Bonchev–Trinajstić information content (AvgIpc) is 3.11. The van der Waals surface area contributed by atoms with E-state index in [0.29, 0.717) is 29.7 Å². The molecule has 10 heteroatoms. The molecule has 0 bridgehead atoms. The van der Waals surface area contributed by atoms with Gasteiger partial charge in [0.1, 0.15) is 23.4 Å². The Morgan fingerprint density at radius 2 is 1.77 bits per heavy atom. The molecular formula is C33H39N3O7. The predicted molar refractivity (Wildman–Crippen MR) is 163 cm³/mol. The van der Waals surface area contributed by atoms with Crippen molar-refractivity contribution in [3.63, 3.8) is 0 Å². The lowest BCUT2D eigenvalue weighted by Gasteiger charge is -2.30. The van der Waals surface area contributed by atoms with Crippen LogP contribution in [-0.2, 0) is 32.0 Å². The van der Waals surface area contributed by atoms with Crippen LogP contribution in [0.4, 0.5) is 10.5 Å². The second-order valence-electron chi connectivity index (χ2n) is 11.6. The smallest absolute Gasteiger partial charge is 0.410 e. The zero-order valence-electron chi connectivity index (χ0n) is 25.7. The van der Waals surface area contributed by atoms with Crippen LogP contribution in [0.15, 0.2) is 54.6 Å². The maximum absolute atomic E-state index is 14.2. The number of hydrogen-bond donors (Lipinski definition) is 1. The fourth-order valence-electron chi connectivity index (χ4n) is 5.09. The van der Waals surface area contributed by atoms with E-state index in [2.05, 4.69) is 5.32 Å². The van der Waals surface area contributed by atoms with Crippen LogP contribution in [0.2, 0.25) is 0 Å². The Morgan fingerprint density at radius 3 is 2.44 bits per heavy atom. The molecule has 43 heavy (non-hydrogen) atoms. The Kier molecular flexibility index (Phi) is 9.27. The summed E-state index contributed by atoms with van der Waals surface area (Å²) in [4.78, 5) is 55.3. The molecule has 3 aromatic carbocycles. The molecule has 2 unspecified atom stereocenters. The molecule has 0 spiro atoms. The Morgan fingerprint density at radius 1 is 1.07 bits per heavy atom. The van der Waals surface area contributed by atoms with Crippen LogP contribution < -0.4 is 15.0 Å². The molecule has 1 aliphatic heterocycles. The van der Waals surface area contributed by atoms with Crippen molar-refractivity contribution < 1.29 is 33.4 Å². The fourth-order valence-corrected chi connectivity index (χ4v) is 5.09. The maximum atomic E-state index is 14.2. The molecule has 3 aromatic rings. The third-order valence-electron chi connectivity index (χ3n) is 7.55. The van der Waals surface area contributed by atoms with Crippen LogP contribution in [0, 0.1) is 0 Å². The Balaban J connectivity index is 1.69. The van der Waals surface area contributed by atoms with E-state index in [1.165, 1.54) is 19.1 Å². The van der Waals surface area contributed by atoms with Gasteiger partial charge in [-0.25, -0.2) is 9.59 Å². The molecule has 3 amide bonds. The summed E-state index contributed by atoms with van der Waals surface area (Å²) >= 11 is 0. The minimum Gasteiger partial charge on any atom is -0.496 e. The molecule has 0 aliphatic carbocycles. The molecule has 228 valence electrons. The predicted octanol–water partition coefficient (Wildman–Crippen LogP) is 4.85. The minimum absolute atomic E-state index is 0.126. The first-order valence-corrected chi connectivity index (χ1v) is 14.2. The SMILES string of the molecule is COC(=O)c1ccc2ccc(OC)c(CN3C(=O)C(NC(=O)C(C)N(C)C(=O)OC(C)(C)C)CCc4ccccc43)c2c1. The van der Waals surface area contributed by atoms with Crippen LogP contribution in [0.3, 0.4) is 0 Å². The number of aryl methyl sites for hydroxylation is 1. The minimum atomic E-state index is -0.878. The number of carbonyl (C=O) groups is 4. The highest BCUT2D eigenvalue weighted by molar-refractivity contribution is 6.02. The number of nitrogens with zero attached hydrogens (tertiary/aromatic N) is 2. The highest BCUT2D eigenvalue weighted by atomic mass is 16.6. The maximum Gasteiger partial charge on any atom is 0.410 e. The Bertz CT molecular complexity index is 1550. The lowest BCUT2D eigenvalue weighted by Crippen LogP contribution is -2.54. The van der Waals surface area contributed by atoms with Gasteiger partial charge in [0, 0.05) is 18.3 Å². The number of ether oxygens (including phenoxy) is 3. The van der Waals surface area contributed by atoms with Crippen molar-refractivity contribution in [1.29, 1.82) is 0 Å². The first kappa shape index (κ1) is 31.3. The topological polar surface area (TPSA) is 114 Å². The molecule has 0 saturated carbocycles. The first-order valence-electron chi connectivity index (χ1n) is 14.2. The van der Waals surface area contributed by atoms with E-state index in [1.807, 2.05) is 42.5 Å². The van der Waals surface area contributed by atoms with Gasteiger partial charge in [-0.05, 0) is 81.1 Å². The van der Waals surface area contributed by atoms with Crippen LogP contribution in [0.25, 0.3) is 10.8 Å². The lowest BCUT2D eigenvalue weighted by molar-refractivity contribution is -0.130. The zero-order valence-corrected chi connectivity index (χ0v) is 25.7. The van der Waals surface area contributed by atoms with E-state index in [1.54, 1.807) is 51.8 Å². The van der Waals surface area contributed by atoms with E-state index >= 15 is 0 Å². The zero-order chi connectivity index (χ0) is 31.5. The third kappa shape index (κ3) is 6.90. The number of methoxy groups -OCH3 is 2. The summed E-state index contributed by atoms with van der Waals surface area (Å²) in [6.45, 7) is 6.97.